The van der Waals surface area contributed by atoms with Crippen LogP contribution in [-0.4, -0.2) is 39.9 Å². The van der Waals surface area contributed by atoms with E-state index < -0.39 is 5.60 Å². The molecule has 0 unspecified atom stereocenters. The monoisotopic (exact) mass is 183 g/mol. The molecule has 0 bridgehead atoms. The van der Waals surface area contributed by atoms with E-state index in [4.69, 9.17) is 0 Å². The van der Waals surface area contributed by atoms with Gasteiger partial charge in [-0.05, 0) is 19.8 Å². The molecular weight excluding hydrogens is 170 g/mol. The number of carbonyl (C=O) groups excluding carboxylic acids is 2. The van der Waals surface area contributed by atoms with Gasteiger partial charge in [0.05, 0.1) is 12.5 Å². The molecule has 13 heavy (non-hydrogen) atoms. The Bertz CT molecular complexity index is 272. The number of fused-ring (bicyclic) bond motifs is 1. The molecule has 2 aliphatic rings. The Balaban J connectivity index is 2.33. The van der Waals surface area contributed by atoms with Gasteiger partial charge in [-0.2, -0.15) is 0 Å². The van der Waals surface area contributed by atoms with Gasteiger partial charge in [0.2, 0.25) is 5.91 Å². The fraction of sp³-hybridized carbons (Fsp3) is 0.778. The predicted molar refractivity (Wildman–Crippen MR) is 45.0 cm³/mol. The normalized spacial score (nSPS) is 39.5. The first-order valence-electron chi connectivity index (χ1n) is 4.58. The molecule has 0 aromatic heterocycles. The Labute approximate surface area is 76.5 Å². The maximum atomic E-state index is 11.4. The minimum Gasteiger partial charge on any atom is -0.380 e. The largest absolute Gasteiger partial charge is 0.380 e. The van der Waals surface area contributed by atoms with E-state index in [1.54, 1.807) is 4.90 Å². The lowest BCUT2D eigenvalue weighted by Gasteiger charge is -2.39. The van der Waals surface area contributed by atoms with Gasteiger partial charge in [0.1, 0.15) is 5.60 Å². The van der Waals surface area contributed by atoms with Crippen molar-refractivity contribution in [1.29, 1.82) is 0 Å². The Hall–Kier alpha value is -0.900. The van der Waals surface area contributed by atoms with E-state index in [1.165, 1.54) is 6.92 Å². The second kappa shape index (κ2) is 2.54. The number of nitrogens with zero attached hydrogens (tertiary/aromatic N) is 1. The van der Waals surface area contributed by atoms with Crippen LogP contribution in [0.25, 0.3) is 0 Å². The Morgan fingerprint density at radius 2 is 2.23 bits per heavy atom. The molecule has 72 valence electrons. The van der Waals surface area contributed by atoms with Crippen LogP contribution in [0, 0.1) is 0 Å². The van der Waals surface area contributed by atoms with Crippen molar-refractivity contribution in [3.05, 3.63) is 0 Å². The fourth-order valence-corrected chi connectivity index (χ4v) is 2.25. The van der Waals surface area contributed by atoms with Gasteiger partial charge in [-0.15, -0.1) is 0 Å². The lowest BCUT2D eigenvalue weighted by Crippen LogP contribution is -2.59. The summed E-state index contributed by atoms with van der Waals surface area (Å²) in [5.74, 6) is -0.459. The van der Waals surface area contributed by atoms with Crippen molar-refractivity contribution in [2.75, 3.05) is 6.54 Å². The molecule has 0 aromatic rings. The average molecular weight is 183 g/mol. The smallest absolute Gasteiger partial charge is 0.230 e. The standard InChI is InChI=1S/C9H13NO3/c1-9(13)6-3-2-4-10(6)8(12)5-7(9)11/h6,13H,2-5H2,1H3/t6-,9+/m0/s1. The number of Topliss-reactive ketones (excluding diaryl/α,β-unsaturated/α-hetero) is 1. The van der Waals surface area contributed by atoms with Gasteiger partial charge in [0.25, 0.3) is 0 Å². The number of rotatable bonds is 0. The molecular formula is C9H13NO3. The summed E-state index contributed by atoms with van der Waals surface area (Å²) in [6.45, 7) is 2.21. The van der Waals surface area contributed by atoms with Crippen LogP contribution in [0.5, 0.6) is 0 Å². The van der Waals surface area contributed by atoms with Gasteiger partial charge in [-0.3, -0.25) is 9.59 Å². The zero-order chi connectivity index (χ0) is 9.64. The molecule has 2 fully saturated rings. The average Bonchev–Trinajstić information content (AvgIpc) is 2.49. The molecule has 2 heterocycles. The van der Waals surface area contributed by atoms with Gasteiger partial charge in [0.15, 0.2) is 5.78 Å². The quantitative estimate of drug-likeness (QED) is 0.525. The summed E-state index contributed by atoms with van der Waals surface area (Å²) in [6.07, 6.45) is 1.49. The summed E-state index contributed by atoms with van der Waals surface area (Å²) in [4.78, 5) is 24.4. The third kappa shape index (κ3) is 1.09. The third-order valence-corrected chi connectivity index (χ3v) is 3.10. The Morgan fingerprint density at radius 1 is 1.54 bits per heavy atom. The van der Waals surface area contributed by atoms with E-state index in [0.717, 1.165) is 12.8 Å². The van der Waals surface area contributed by atoms with Crippen LogP contribution >= 0.6 is 0 Å². The third-order valence-electron chi connectivity index (χ3n) is 3.10. The number of piperidine rings is 1. The van der Waals surface area contributed by atoms with E-state index in [1.807, 2.05) is 0 Å². The van der Waals surface area contributed by atoms with E-state index in [0.29, 0.717) is 6.54 Å². The molecule has 4 heteroatoms. The molecule has 2 saturated heterocycles. The molecule has 0 spiro atoms. The molecule has 0 aliphatic carbocycles. The number of hydrogen-bond donors (Lipinski definition) is 1. The van der Waals surface area contributed by atoms with Crippen LogP contribution in [-0.2, 0) is 9.59 Å². The highest BCUT2D eigenvalue weighted by molar-refractivity contribution is 6.05. The van der Waals surface area contributed by atoms with Crippen LogP contribution in [0.4, 0.5) is 0 Å². The fourth-order valence-electron chi connectivity index (χ4n) is 2.25. The van der Waals surface area contributed by atoms with E-state index in [9.17, 15) is 14.7 Å². The number of ketones is 1. The van der Waals surface area contributed by atoms with Crippen LogP contribution in [0.3, 0.4) is 0 Å². The minimum absolute atomic E-state index is 0.126. The molecule has 1 N–H and O–H groups in total. The maximum absolute atomic E-state index is 11.4. The molecule has 2 atom stereocenters. The lowest BCUT2D eigenvalue weighted by atomic mass is 9.85. The van der Waals surface area contributed by atoms with Crippen molar-refractivity contribution in [3.63, 3.8) is 0 Å². The van der Waals surface area contributed by atoms with E-state index in [2.05, 4.69) is 0 Å². The summed E-state index contributed by atoms with van der Waals surface area (Å²) < 4.78 is 0. The highest BCUT2D eigenvalue weighted by Gasteiger charge is 2.50. The SMILES string of the molecule is C[C@]1(O)C(=O)CC(=O)N2CCC[C@H]21. The van der Waals surface area contributed by atoms with Gasteiger partial charge in [-0.1, -0.05) is 0 Å². The summed E-state index contributed by atoms with van der Waals surface area (Å²) >= 11 is 0. The zero-order valence-corrected chi connectivity index (χ0v) is 7.62. The van der Waals surface area contributed by atoms with Crippen molar-refractivity contribution in [1.82, 2.24) is 4.90 Å². The van der Waals surface area contributed by atoms with E-state index >= 15 is 0 Å². The van der Waals surface area contributed by atoms with Gasteiger partial charge in [0, 0.05) is 6.54 Å². The molecule has 0 aromatic carbocycles. The number of aliphatic hydroxyl groups is 1. The van der Waals surface area contributed by atoms with Crippen LogP contribution in [0.15, 0.2) is 0 Å². The van der Waals surface area contributed by atoms with Crippen molar-refractivity contribution in [2.45, 2.75) is 37.8 Å². The molecule has 1 amide bonds. The second-order valence-corrected chi connectivity index (χ2v) is 3.99. The van der Waals surface area contributed by atoms with Gasteiger partial charge < -0.3 is 10.0 Å². The summed E-state index contributed by atoms with van der Waals surface area (Å²) in [6, 6.07) is -0.277. The van der Waals surface area contributed by atoms with Crippen molar-refractivity contribution >= 4 is 11.7 Å². The summed E-state index contributed by atoms with van der Waals surface area (Å²) in [5.41, 5.74) is -1.32. The molecule has 0 saturated carbocycles. The molecule has 2 rings (SSSR count). The van der Waals surface area contributed by atoms with Gasteiger partial charge in [-0.25, -0.2) is 0 Å². The Morgan fingerprint density at radius 3 is 2.92 bits per heavy atom. The zero-order valence-electron chi connectivity index (χ0n) is 7.62. The van der Waals surface area contributed by atoms with Crippen molar-refractivity contribution in [3.8, 4) is 0 Å². The number of amides is 1. The molecule has 0 radical (unpaired) electrons. The lowest BCUT2D eigenvalue weighted by molar-refractivity contribution is -0.159. The first-order valence-corrected chi connectivity index (χ1v) is 4.58. The molecule has 4 nitrogen and oxygen atoms in total. The van der Waals surface area contributed by atoms with Crippen LogP contribution in [0.1, 0.15) is 26.2 Å². The van der Waals surface area contributed by atoms with Crippen molar-refractivity contribution < 1.29 is 14.7 Å². The highest BCUT2D eigenvalue weighted by Crippen LogP contribution is 2.32. The summed E-state index contributed by atoms with van der Waals surface area (Å²) in [7, 11) is 0. The van der Waals surface area contributed by atoms with Crippen LogP contribution in [0.2, 0.25) is 0 Å². The highest BCUT2D eigenvalue weighted by atomic mass is 16.3. The maximum Gasteiger partial charge on any atom is 0.230 e. The summed E-state index contributed by atoms with van der Waals surface area (Å²) in [5, 5.41) is 9.89. The number of carbonyl (C=O) groups is 2. The van der Waals surface area contributed by atoms with Gasteiger partial charge >= 0.3 is 0 Å². The Kier molecular flexibility index (Phi) is 1.70. The predicted octanol–water partition coefficient (Wildman–Crippen LogP) is -0.299. The first kappa shape index (κ1) is 8.69. The molecule has 2 aliphatic heterocycles. The minimum atomic E-state index is -1.32. The number of hydrogen-bond acceptors (Lipinski definition) is 3. The second-order valence-electron chi connectivity index (χ2n) is 3.99. The van der Waals surface area contributed by atoms with E-state index in [-0.39, 0.29) is 24.2 Å². The topological polar surface area (TPSA) is 57.6 Å². The first-order chi connectivity index (χ1) is 6.03. The van der Waals surface area contributed by atoms with Crippen molar-refractivity contribution in [2.24, 2.45) is 0 Å². The van der Waals surface area contributed by atoms with Crippen LogP contribution < -0.4 is 0 Å².